The predicted molar refractivity (Wildman–Crippen MR) is 75.1 cm³/mol. The van der Waals surface area contributed by atoms with Gasteiger partial charge in [-0.2, -0.15) is 0 Å². The van der Waals surface area contributed by atoms with Crippen molar-refractivity contribution in [1.82, 2.24) is 15.5 Å². The van der Waals surface area contributed by atoms with E-state index in [1.807, 2.05) is 0 Å². The summed E-state index contributed by atoms with van der Waals surface area (Å²) in [5.74, 6) is 0.968. The van der Waals surface area contributed by atoms with Gasteiger partial charge < -0.3 is 15.4 Å². The zero-order valence-corrected chi connectivity index (χ0v) is 11.8. The Bertz CT molecular complexity index is 261. The molecule has 0 aromatic heterocycles. The first-order valence-corrected chi connectivity index (χ1v) is 7.62. The zero-order valence-electron chi connectivity index (χ0n) is 11.8. The summed E-state index contributed by atoms with van der Waals surface area (Å²) >= 11 is 0. The molecule has 0 spiro atoms. The van der Waals surface area contributed by atoms with Crippen molar-refractivity contribution in [2.45, 2.75) is 25.7 Å². The molecule has 0 aromatic rings. The van der Waals surface area contributed by atoms with Crippen molar-refractivity contribution in [1.29, 1.82) is 0 Å². The Morgan fingerprint density at radius 2 is 2.21 bits per heavy atom. The summed E-state index contributed by atoms with van der Waals surface area (Å²) in [6.45, 7) is 6.99. The molecule has 1 aliphatic carbocycles. The average molecular weight is 269 g/mol. The van der Waals surface area contributed by atoms with E-state index in [0.29, 0.717) is 6.54 Å². The molecule has 0 bridgehead atoms. The van der Waals surface area contributed by atoms with E-state index in [1.54, 1.807) is 0 Å². The number of amides is 1. The third-order valence-corrected chi connectivity index (χ3v) is 3.64. The van der Waals surface area contributed by atoms with E-state index in [-0.39, 0.29) is 5.91 Å². The molecule has 19 heavy (non-hydrogen) atoms. The fraction of sp³-hybridized carbons (Fsp3) is 0.929. The first-order valence-electron chi connectivity index (χ1n) is 7.62. The molecule has 5 heteroatoms. The zero-order chi connectivity index (χ0) is 13.3. The summed E-state index contributed by atoms with van der Waals surface area (Å²) in [5.41, 5.74) is 0. The summed E-state index contributed by atoms with van der Waals surface area (Å²) < 4.78 is 5.54. The van der Waals surface area contributed by atoms with Crippen LogP contribution in [0, 0.1) is 5.92 Å². The highest BCUT2D eigenvalue weighted by atomic mass is 16.5. The van der Waals surface area contributed by atoms with Crippen molar-refractivity contribution in [2.24, 2.45) is 5.92 Å². The smallest absolute Gasteiger partial charge is 0.234 e. The second-order valence-electron chi connectivity index (χ2n) is 5.60. The van der Waals surface area contributed by atoms with E-state index in [0.717, 1.165) is 64.7 Å². The Hall–Kier alpha value is -0.650. The van der Waals surface area contributed by atoms with Gasteiger partial charge in [0.25, 0.3) is 0 Å². The van der Waals surface area contributed by atoms with Gasteiger partial charge >= 0.3 is 0 Å². The molecule has 2 N–H and O–H groups in total. The maximum Gasteiger partial charge on any atom is 0.234 e. The van der Waals surface area contributed by atoms with Gasteiger partial charge in [-0.05, 0) is 44.7 Å². The normalized spacial score (nSPS) is 21.1. The van der Waals surface area contributed by atoms with E-state index in [1.165, 1.54) is 12.8 Å². The highest BCUT2D eigenvalue weighted by Crippen LogP contribution is 2.28. The predicted octanol–water partition coefficient (Wildman–Crippen LogP) is 0.215. The molecule has 1 amide bonds. The van der Waals surface area contributed by atoms with Crippen LogP contribution in [0.3, 0.4) is 0 Å². The van der Waals surface area contributed by atoms with Crippen molar-refractivity contribution < 1.29 is 9.53 Å². The van der Waals surface area contributed by atoms with Crippen molar-refractivity contribution in [3.8, 4) is 0 Å². The molecule has 1 aliphatic heterocycles. The lowest BCUT2D eigenvalue weighted by atomic mass is 10.3. The van der Waals surface area contributed by atoms with E-state index in [9.17, 15) is 4.79 Å². The molecule has 0 radical (unpaired) electrons. The molecule has 5 nitrogen and oxygen atoms in total. The Kier molecular flexibility index (Phi) is 6.61. The van der Waals surface area contributed by atoms with Crippen molar-refractivity contribution in [2.75, 3.05) is 52.5 Å². The minimum absolute atomic E-state index is 0.143. The summed E-state index contributed by atoms with van der Waals surface area (Å²) in [7, 11) is 0. The number of carbonyl (C=O) groups excluding carboxylic acids is 1. The van der Waals surface area contributed by atoms with Crippen LogP contribution in [0.1, 0.15) is 25.7 Å². The van der Waals surface area contributed by atoms with Crippen molar-refractivity contribution in [3.05, 3.63) is 0 Å². The Balaban J connectivity index is 1.44. The SMILES string of the molecule is O=C(CN1CCCNCC1)NCCCOCC1CC1. The number of rotatable bonds is 8. The number of hydrogen-bond acceptors (Lipinski definition) is 4. The lowest BCUT2D eigenvalue weighted by Gasteiger charge is -2.18. The topological polar surface area (TPSA) is 53.6 Å². The van der Waals surface area contributed by atoms with Crippen LogP contribution < -0.4 is 10.6 Å². The molecule has 0 atom stereocenters. The molecule has 2 rings (SSSR count). The number of carbonyl (C=O) groups is 1. The standard InChI is InChI=1S/C14H27N3O2/c18-14(11-17-8-1-5-15-7-9-17)16-6-2-10-19-12-13-3-4-13/h13,15H,1-12H2,(H,16,18). The van der Waals surface area contributed by atoms with E-state index in [4.69, 9.17) is 4.74 Å². The lowest BCUT2D eigenvalue weighted by Crippen LogP contribution is -2.39. The van der Waals surface area contributed by atoms with Crippen LogP contribution in [0.5, 0.6) is 0 Å². The van der Waals surface area contributed by atoms with Gasteiger partial charge in [0, 0.05) is 32.8 Å². The van der Waals surface area contributed by atoms with Gasteiger partial charge in [0.2, 0.25) is 5.91 Å². The Morgan fingerprint density at radius 1 is 1.32 bits per heavy atom. The fourth-order valence-corrected chi connectivity index (χ4v) is 2.26. The molecule has 2 fully saturated rings. The Labute approximate surface area is 116 Å². The van der Waals surface area contributed by atoms with Crippen LogP contribution in [0.4, 0.5) is 0 Å². The van der Waals surface area contributed by atoms with Crippen LogP contribution in [0.2, 0.25) is 0 Å². The van der Waals surface area contributed by atoms with E-state index < -0.39 is 0 Å². The van der Waals surface area contributed by atoms with Crippen LogP contribution in [0.25, 0.3) is 0 Å². The number of nitrogens with zero attached hydrogens (tertiary/aromatic N) is 1. The third kappa shape index (κ3) is 6.89. The highest BCUT2D eigenvalue weighted by Gasteiger charge is 2.20. The van der Waals surface area contributed by atoms with Crippen molar-refractivity contribution in [3.63, 3.8) is 0 Å². The monoisotopic (exact) mass is 269 g/mol. The largest absolute Gasteiger partial charge is 0.381 e. The third-order valence-electron chi connectivity index (χ3n) is 3.64. The minimum Gasteiger partial charge on any atom is -0.381 e. The molecule has 2 aliphatic rings. The van der Waals surface area contributed by atoms with E-state index in [2.05, 4.69) is 15.5 Å². The first-order chi connectivity index (χ1) is 9.34. The second-order valence-corrected chi connectivity index (χ2v) is 5.60. The van der Waals surface area contributed by atoms with E-state index >= 15 is 0 Å². The highest BCUT2D eigenvalue weighted by molar-refractivity contribution is 5.77. The summed E-state index contributed by atoms with van der Waals surface area (Å²) in [6.07, 6.45) is 4.71. The maximum absolute atomic E-state index is 11.8. The molecule has 0 unspecified atom stereocenters. The first kappa shape index (κ1) is 14.8. The minimum atomic E-state index is 0.143. The van der Waals surface area contributed by atoms with Gasteiger partial charge in [0.05, 0.1) is 6.54 Å². The molecular weight excluding hydrogens is 242 g/mol. The van der Waals surface area contributed by atoms with Gasteiger partial charge in [-0.15, -0.1) is 0 Å². The number of hydrogen-bond donors (Lipinski definition) is 2. The summed E-state index contributed by atoms with van der Waals surface area (Å²) in [6, 6.07) is 0. The van der Waals surface area contributed by atoms with Crippen LogP contribution >= 0.6 is 0 Å². The van der Waals surface area contributed by atoms with Crippen LogP contribution in [0.15, 0.2) is 0 Å². The fourth-order valence-electron chi connectivity index (χ4n) is 2.26. The van der Waals surface area contributed by atoms with Gasteiger partial charge in [-0.3, -0.25) is 9.69 Å². The van der Waals surface area contributed by atoms with Crippen LogP contribution in [-0.2, 0) is 9.53 Å². The second kappa shape index (κ2) is 8.51. The molecule has 0 aromatic carbocycles. The molecular formula is C14H27N3O2. The number of ether oxygens (including phenoxy) is 1. The molecule has 1 saturated carbocycles. The maximum atomic E-state index is 11.8. The molecule has 110 valence electrons. The quantitative estimate of drug-likeness (QED) is 0.619. The van der Waals surface area contributed by atoms with Gasteiger partial charge in [0.1, 0.15) is 0 Å². The molecule has 1 heterocycles. The summed E-state index contributed by atoms with van der Waals surface area (Å²) in [5, 5.41) is 6.31. The summed E-state index contributed by atoms with van der Waals surface area (Å²) in [4.78, 5) is 14.0. The molecule has 1 saturated heterocycles. The lowest BCUT2D eigenvalue weighted by molar-refractivity contribution is -0.122. The van der Waals surface area contributed by atoms with Gasteiger partial charge in [-0.1, -0.05) is 0 Å². The van der Waals surface area contributed by atoms with Crippen molar-refractivity contribution >= 4 is 5.91 Å². The van der Waals surface area contributed by atoms with Gasteiger partial charge in [-0.25, -0.2) is 0 Å². The van der Waals surface area contributed by atoms with Crippen LogP contribution in [-0.4, -0.2) is 63.3 Å². The Morgan fingerprint density at radius 3 is 3.05 bits per heavy atom. The average Bonchev–Trinajstić information content (AvgIpc) is 3.21. The number of nitrogens with one attached hydrogen (secondary N) is 2. The van der Waals surface area contributed by atoms with Gasteiger partial charge in [0.15, 0.2) is 0 Å².